The Labute approximate surface area is 365 Å². The Kier molecular flexibility index (Phi) is 33.5. The monoisotopic (exact) mass is 874 g/mol. The molecule has 1 saturated heterocycles. The van der Waals surface area contributed by atoms with Crippen LogP contribution in [0.2, 0.25) is 0 Å². The van der Waals surface area contributed by atoms with Gasteiger partial charge in [0.25, 0.3) is 10.1 Å². The Morgan fingerprint density at radius 1 is 0.574 bits per heavy atom. The van der Waals surface area contributed by atoms with Gasteiger partial charge >= 0.3 is 11.9 Å². The van der Waals surface area contributed by atoms with Crippen LogP contribution in [0.25, 0.3) is 0 Å². The van der Waals surface area contributed by atoms with Gasteiger partial charge in [0.15, 0.2) is 12.4 Å². The highest BCUT2D eigenvalue weighted by Gasteiger charge is 2.46. The van der Waals surface area contributed by atoms with E-state index in [1.54, 1.807) is 0 Å². The van der Waals surface area contributed by atoms with E-state index in [2.05, 4.69) is 86.8 Å². The van der Waals surface area contributed by atoms with E-state index in [-0.39, 0.29) is 19.4 Å². The first kappa shape index (κ1) is 55.3. The zero-order valence-electron chi connectivity index (χ0n) is 36.5. The zero-order chi connectivity index (χ0) is 44.8. The number of aliphatic hydroxyl groups is 3. The van der Waals surface area contributed by atoms with E-state index in [4.69, 9.17) is 18.9 Å². The number of ether oxygens (including phenoxy) is 4. The summed E-state index contributed by atoms with van der Waals surface area (Å²) in [5.41, 5.74) is 0. The molecule has 1 aliphatic rings. The summed E-state index contributed by atoms with van der Waals surface area (Å²) in [6.45, 7) is 3.42. The number of hydrogen-bond acceptors (Lipinski definition) is 11. The minimum absolute atomic E-state index is 0.121. The molecule has 12 nitrogen and oxygen atoms in total. The fourth-order valence-electron chi connectivity index (χ4n) is 5.80. The van der Waals surface area contributed by atoms with Crippen LogP contribution in [0.4, 0.5) is 0 Å². The highest BCUT2D eigenvalue weighted by molar-refractivity contribution is 7.85. The highest BCUT2D eigenvalue weighted by atomic mass is 32.2. The second-order valence-electron chi connectivity index (χ2n) is 14.7. The first-order chi connectivity index (χ1) is 29.5. The third-order valence-electron chi connectivity index (χ3n) is 9.16. The lowest BCUT2D eigenvalue weighted by atomic mass is 10.00. The Balaban J connectivity index is 2.51. The van der Waals surface area contributed by atoms with Crippen molar-refractivity contribution in [3.63, 3.8) is 0 Å². The van der Waals surface area contributed by atoms with Crippen molar-refractivity contribution in [2.75, 3.05) is 19.0 Å². The van der Waals surface area contributed by atoms with Gasteiger partial charge in [0.05, 0.1) is 6.61 Å². The number of hydrogen-bond donors (Lipinski definition) is 4. The lowest BCUT2D eigenvalue weighted by molar-refractivity contribution is -0.297. The molecule has 3 unspecified atom stereocenters. The normalized spacial score (nSPS) is 21.0. The molecule has 344 valence electrons. The quantitative estimate of drug-likeness (QED) is 0.0159. The average molecular weight is 875 g/mol. The molecule has 1 rings (SSSR count). The van der Waals surface area contributed by atoms with Crippen LogP contribution < -0.4 is 0 Å². The Hall–Kier alpha value is -3.69. The summed E-state index contributed by atoms with van der Waals surface area (Å²) in [6, 6.07) is 0. The maximum absolute atomic E-state index is 12.8. The van der Waals surface area contributed by atoms with Gasteiger partial charge in [0.1, 0.15) is 36.8 Å². The number of allylic oxidation sites excluding steroid dienone is 18. The van der Waals surface area contributed by atoms with E-state index in [1.165, 1.54) is 0 Å². The SMILES string of the molecule is CC/C=C/C=C/C=C/CCCCCCCC(=O)OC(COC(=O)CCC/C=C/C/C=C/C/C=C/C/C=C/C/C=C/C/C=C/CC)CO[C@H]1O[C@H](CS(=O)(=O)O)[C@@H](O)C(O)C1O. The van der Waals surface area contributed by atoms with Crippen LogP contribution in [0, 0.1) is 0 Å². The van der Waals surface area contributed by atoms with Gasteiger partial charge in [-0.2, -0.15) is 8.42 Å². The van der Waals surface area contributed by atoms with Crippen molar-refractivity contribution in [2.24, 2.45) is 0 Å². The average Bonchev–Trinajstić information content (AvgIpc) is 3.22. The molecule has 0 aliphatic carbocycles. The van der Waals surface area contributed by atoms with Crippen LogP contribution in [-0.2, 0) is 38.7 Å². The predicted molar refractivity (Wildman–Crippen MR) is 242 cm³/mol. The summed E-state index contributed by atoms with van der Waals surface area (Å²) in [5, 5.41) is 30.8. The topological polar surface area (TPSA) is 186 Å². The van der Waals surface area contributed by atoms with E-state index >= 15 is 0 Å². The van der Waals surface area contributed by atoms with Crippen LogP contribution >= 0.6 is 0 Å². The molecule has 0 aromatic rings. The Morgan fingerprint density at radius 3 is 1.67 bits per heavy atom. The van der Waals surface area contributed by atoms with Crippen molar-refractivity contribution < 1.29 is 56.8 Å². The summed E-state index contributed by atoms with van der Waals surface area (Å²) in [7, 11) is -4.62. The van der Waals surface area contributed by atoms with Crippen molar-refractivity contribution in [3.05, 3.63) is 109 Å². The van der Waals surface area contributed by atoms with Gasteiger partial charge in [-0.3, -0.25) is 14.1 Å². The van der Waals surface area contributed by atoms with Crippen LogP contribution in [0.5, 0.6) is 0 Å². The summed E-state index contributed by atoms with van der Waals surface area (Å²) in [5.74, 6) is -2.11. The number of esters is 2. The lowest BCUT2D eigenvalue weighted by Crippen LogP contribution is -2.60. The molecule has 0 radical (unpaired) electrons. The van der Waals surface area contributed by atoms with Gasteiger partial charge in [-0.1, -0.05) is 142 Å². The molecule has 0 aromatic carbocycles. The molecule has 1 fully saturated rings. The molecule has 13 heteroatoms. The third kappa shape index (κ3) is 31.8. The largest absolute Gasteiger partial charge is 0.462 e. The lowest BCUT2D eigenvalue weighted by Gasteiger charge is -2.40. The Bertz CT molecular complexity index is 1540. The fraction of sp³-hybridized carbons (Fsp3) is 0.583. The maximum Gasteiger partial charge on any atom is 0.306 e. The first-order valence-electron chi connectivity index (χ1n) is 22.0. The maximum atomic E-state index is 12.8. The molecule has 0 spiro atoms. The molecule has 1 heterocycles. The minimum atomic E-state index is -4.62. The molecule has 0 amide bonds. The molecular formula is C48H74O12S. The minimum Gasteiger partial charge on any atom is -0.462 e. The van der Waals surface area contributed by atoms with Crippen molar-refractivity contribution >= 4 is 22.1 Å². The van der Waals surface area contributed by atoms with Crippen LogP contribution in [-0.4, -0.2) is 96.0 Å². The van der Waals surface area contributed by atoms with E-state index in [9.17, 15) is 37.9 Å². The van der Waals surface area contributed by atoms with Crippen LogP contribution in [0.1, 0.15) is 123 Å². The number of aliphatic hydroxyl groups excluding tert-OH is 3. The fourth-order valence-corrected chi connectivity index (χ4v) is 6.50. The molecule has 0 bridgehead atoms. The smallest absolute Gasteiger partial charge is 0.306 e. The Morgan fingerprint density at radius 2 is 1.08 bits per heavy atom. The number of carbonyl (C=O) groups is 2. The molecular weight excluding hydrogens is 801 g/mol. The molecule has 61 heavy (non-hydrogen) atoms. The van der Waals surface area contributed by atoms with E-state index in [1.807, 2.05) is 36.5 Å². The molecule has 4 N–H and O–H groups in total. The third-order valence-corrected chi connectivity index (χ3v) is 9.91. The molecule has 1 aliphatic heterocycles. The second-order valence-corrected chi connectivity index (χ2v) is 16.2. The second kappa shape index (κ2) is 36.9. The van der Waals surface area contributed by atoms with Crippen molar-refractivity contribution in [1.82, 2.24) is 0 Å². The van der Waals surface area contributed by atoms with Gasteiger partial charge in [-0.25, -0.2) is 0 Å². The van der Waals surface area contributed by atoms with E-state index in [0.717, 1.165) is 77.0 Å². The van der Waals surface area contributed by atoms with Gasteiger partial charge in [-0.05, 0) is 77.0 Å². The van der Waals surface area contributed by atoms with E-state index in [0.29, 0.717) is 19.3 Å². The highest BCUT2D eigenvalue weighted by Crippen LogP contribution is 2.24. The zero-order valence-corrected chi connectivity index (χ0v) is 37.3. The molecule has 0 saturated carbocycles. The van der Waals surface area contributed by atoms with Gasteiger partial charge in [-0.15, -0.1) is 0 Å². The number of rotatable bonds is 34. The van der Waals surface area contributed by atoms with E-state index < -0.39 is 71.2 Å². The van der Waals surface area contributed by atoms with Gasteiger partial charge in [0, 0.05) is 12.8 Å². The first-order valence-corrected chi connectivity index (χ1v) is 23.6. The number of carbonyl (C=O) groups excluding carboxylic acids is 2. The summed E-state index contributed by atoms with van der Waals surface area (Å²) in [4.78, 5) is 25.4. The van der Waals surface area contributed by atoms with Crippen molar-refractivity contribution in [1.29, 1.82) is 0 Å². The predicted octanol–water partition coefficient (Wildman–Crippen LogP) is 8.83. The number of unbranched alkanes of at least 4 members (excludes halogenated alkanes) is 6. The van der Waals surface area contributed by atoms with Crippen molar-refractivity contribution in [2.45, 2.75) is 160 Å². The summed E-state index contributed by atoms with van der Waals surface area (Å²) < 4.78 is 53.9. The van der Waals surface area contributed by atoms with Gasteiger partial charge < -0.3 is 34.3 Å². The van der Waals surface area contributed by atoms with Crippen molar-refractivity contribution in [3.8, 4) is 0 Å². The molecule has 0 aromatic heterocycles. The van der Waals surface area contributed by atoms with Gasteiger partial charge in [0.2, 0.25) is 0 Å². The summed E-state index contributed by atoms with van der Waals surface area (Å²) in [6.07, 6.45) is 41.4. The van der Waals surface area contributed by atoms with Crippen LogP contribution in [0.3, 0.4) is 0 Å². The standard InChI is InChI=1S/C48H74O12S/c1-3-5-7-9-11-13-15-17-18-19-20-21-22-23-25-26-28-30-32-34-36-43(49)57-38-41(39-58-48-47(53)46(52)45(51)42(60-48)40-61(54,55)56)59-44(50)37-35-33-31-29-27-24-16-14-12-10-8-6-4-2/h5-8,10-14,16-18,20-21,23,25,28,30,41-42,45-48,51-53H,3-4,9,15,19,22,24,26-27,29,31-40H2,1-2H3,(H,54,55,56)/b7-5+,8-6+,12-10+,13-11+,16-14+,18-17+,21-20+,25-23+,30-28+/t41?,42-,45-,46?,47?,48+/m1/s1. The summed E-state index contributed by atoms with van der Waals surface area (Å²) >= 11 is 0. The molecule has 6 atom stereocenters. The van der Waals surface area contributed by atoms with Crippen LogP contribution in [0.15, 0.2) is 109 Å².